The third-order valence-electron chi connectivity index (χ3n) is 5.43. The van der Waals surface area contributed by atoms with Crippen molar-refractivity contribution in [3.8, 4) is 23.0 Å². The lowest BCUT2D eigenvalue weighted by molar-refractivity contribution is -0.113. The summed E-state index contributed by atoms with van der Waals surface area (Å²) in [6, 6.07) is 10.0. The van der Waals surface area contributed by atoms with Crippen LogP contribution in [0.4, 0.5) is 11.6 Å². The van der Waals surface area contributed by atoms with E-state index < -0.39 is 6.04 Å². The third kappa shape index (κ3) is 4.02. The molecule has 10 nitrogen and oxygen atoms in total. The van der Waals surface area contributed by atoms with E-state index in [0.29, 0.717) is 45.9 Å². The topological polar surface area (TPSA) is 109 Å². The average molecular weight is 451 g/mol. The minimum absolute atomic E-state index is 0.337. The summed E-state index contributed by atoms with van der Waals surface area (Å²) in [7, 11) is 6.25. The largest absolute Gasteiger partial charge is 0.497 e. The van der Waals surface area contributed by atoms with E-state index in [2.05, 4.69) is 20.7 Å². The van der Waals surface area contributed by atoms with Crippen LogP contribution < -0.4 is 29.6 Å². The molecule has 2 heterocycles. The molecule has 0 fully saturated rings. The maximum atomic E-state index is 13.7. The lowest BCUT2D eigenvalue weighted by Gasteiger charge is -2.29. The second-order valence-electron chi connectivity index (χ2n) is 7.22. The summed E-state index contributed by atoms with van der Waals surface area (Å²) in [5, 5.41) is 10.5. The fraction of sp³-hybridized carbons (Fsp3) is 0.261. The molecule has 1 aromatic heterocycles. The number of aromatic nitrogens is 3. The summed E-state index contributed by atoms with van der Waals surface area (Å²) >= 11 is 0. The van der Waals surface area contributed by atoms with Gasteiger partial charge in [-0.3, -0.25) is 4.79 Å². The molecule has 1 aliphatic heterocycles. The molecule has 1 amide bonds. The molecule has 0 bridgehead atoms. The van der Waals surface area contributed by atoms with Gasteiger partial charge in [0, 0.05) is 23.4 Å². The van der Waals surface area contributed by atoms with Gasteiger partial charge in [0.2, 0.25) is 5.95 Å². The monoisotopic (exact) mass is 451 g/mol. The van der Waals surface area contributed by atoms with Crippen LogP contribution in [0.25, 0.3) is 0 Å². The molecule has 3 aromatic rings. The van der Waals surface area contributed by atoms with E-state index in [1.807, 2.05) is 19.1 Å². The Morgan fingerprint density at radius 1 is 0.970 bits per heavy atom. The SMILES string of the molecule is COc1ccc(OC)c(NC(=O)C2=C(C)Nc3ncnn3C2c2ccc(OC)cc2OC)c1. The van der Waals surface area contributed by atoms with E-state index in [0.717, 1.165) is 5.56 Å². The Bertz CT molecular complexity index is 1220. The average Bonchev–Trinajstić information content (AvgIpc) is 3.30. The van der Waals surface area contributed by atoms with Crippen molar-refractivity contribution in [3.05, 3.63) is 59.6 Å². The first-order valence-electron chi connectivity index (χ1n) is 10.1. The number of hydrogen-bond donors (Lipinski definition) is 2. The second kappa shape index (κ2) is 9.11. The number of ether oxygens (including phenoxy) is 4. The molecular weight excluding hydrogens is 426 g/mol. The highest BCUT2D eigenvalue weighted by Crippen LogP contribution is 2.41. The summed E-state index contributed by atoms with van der Waals surface area (Å²) in [6.07, 6.45) is 1.44. The number of carbonyl (C=O) groups is 1. The van der Waals surface area contributed by atoms with Gasteiger partial charge in [0.15, 0.2) is 0 Å². The van der Waals surface area contributed by atoms with Gasteiger partial charge in [0.1, 0.15) is 35.4 Å². The maximum Gasteiger partial charge on any atom is 0.255 e. The zero-order chi connectivity index (χ0) is 23.5. The van der Waals surface area contributed by atoms with E-state index >= 15 is 0 Å². The van der Waals surface area contributed by atoms with E-state index in [4.69, 9.17) is 18.9 Å². The number of amides is 1. The van der Waals surface area contributed by atoms with Crippen molar-refractivity contribution in [1.29, 1.82) is 0 Å². The lowest BCUT2D eigenvalue weighted by atomic mass is 9.94. The van der Waals surface area contributed by atoms with Crippen LogP contribution in [0.2, 0.25) is 0 Å². The van der Waals surface area contributed by atoms with Crippen molar-refractivity contribution in [2.24, 2.45) is 0 Å². The quantitative estimate of drug-likeness (QED) is 0.564. The van der Waals surface area contributed by atoms with Crippen LogP contribution in [0.3, 0.4) is 0 Å². The number of anilines is 2. The van der Waals surface area contributed by atoms with Crippen LogP contribution in [0, 0.1) is 0 Å². The molecule has 2 N–H and O–H groups in total. The molecule has 2 aromatic carbocycles. The molecule has 1 unspecified atom stereocenters. The highest BCUT2D eigenvalue weighted by atomic mass is 16.5. The Kier molecular flexibility index (Phi) is 6.07. The Morgan fingerprint density at radius 2 is 1.67 bits per heavy atom. The van der Waals surface area contributed by atoms with Gasteiger partial charge in [-0.1, -0.05) is 0 Å². The van der Waals surface area contributed by atoms with E-state index in [1.54, 1.807) is 50.3 Å². The lowest BCUT2D eigenvalue weighted by Crippen LogP contribution is -2.31. The number of carbonyl (C=O) groups excluding carboxylic acids is 1. The molecule has 0 saturated heterocycles. The van der Waals surface area contributed by atoms with Crippen molar-refractivity contribution in [2.45, 2.75) is 13.0 Å². The van der Waals surface area contributed by atoms with Gasteiger partial charge in [0.25, 0.3) is 5.91 Å². The molecule has 4 rings (SSSR count). The number of benzene rings is 2. The Morgan fingerprint density at radius 3 is 2.36 bits per heavy atom. The number of nitrogens with zero attached hydrogens (tertiary/aromatic N) is 3. The van der Waals surface area contributed by atoms with E-state index in [-0.39, 0.29) is 5.91 Å². The summed E-state index contributed by atoms with van der Waals surface area (Å²) in [6.45, 7) is 1.82. The molecule has 1 aliphatic rings. The molecule has 10 heteroatoms. The van der Waals surface area contributed by atoms with Crippen LogP contribution in [-0.4, -0.2) is 49.1 Å². The van der Waals surface area contributed by atoms with Crippen molar-refractivity contribution in [3.63, 3.8) is 0 Å². The molecule has 172 valence electrons. The Labute approximate surface area is 191 Å². The van der Waals surface area contributed by atoms with Crippen molar-refractivity contribution in [1.82, 2.24) is 14.8 Å². The predicted octanol–water partition coefficient (Wildman–Crippen LogP) is 3.24. The molecular formula is C23H25N5O5. The summed E-state index contributed by atoms with van der Waals surface area (Å²) < 4.78 is 23.3. The van der Waals surface area contributed by atoms with Gasteiger partial charge < -0.3 is 29.6 Å². The standard InChI is InChI=1S/C23H25N5O5/c1-13-20(22(29)27-17-10-14(30-2)7-9-18(17)32-4)21(28-23(26-13)24-12-25-28)16-8-6-15(31-3)11-19(16)33-5/h6-12,21H,1-5H3,(H,27,29)(H,24,25,26). The van der Waals surface area contributed by atoms with Crippen LogP contribution >= 0.6 is 0 Å². The van der Waals surface area contributed by atoms with Crippen LogP contribution in [0.5, 0.6) is 23.0 Å². The van der Waals surface area contributed by atoms with Gasteiger partial charge >= 0.3 is 0 Å². The number of rotatable bonds is 7. The minimum Gasteiger partial charge on any atom is -0.497 e. The number of fused-ring (bicyclic) bond motifs is 1. The first-order valence-corrected chi connectivity index (χ1v) is 10.1. The van der Waals surface area contributed by atoms with Gasteiger partial charge in [-0.05, 0) is 31.2 Å². The third-order valence-corrected chi connectivity index (χ3v) is 5.43. The van der Waals surface area contributed by atoms with E-state index in [1.165, 1.54) is 13.4 Å². The summed E-state index contributed by atoms with van der Waals surface area (Å²) in [4.78, 5) is 17.9. The first-order chi connectivity index (χ1) is 16.0. The van der Waals surface area contributed by atoms with Crippen LogP contribution in [-0.2, 0) is 4.79 Å². The molecule has 0 spiro atoms. The van der Waals surface area contributed by atoms with E-state index in [9.17, 15) is 4.79 Å². The van der Waals surface area contributed by atoms with Crippen molar-refractivity contribution < 1.29 is 23.7 Å². The van der Waals surface area contributed by atoms with Crippen molar-refractivity contribution >= 4 is 17.5 Å². The number of methoxy groups -OCH3 is 4. The van der Waals surface area contributed by atoms with Gasteiger partial charge in [-0.25, -0.2) is 4.68 Å². The molecule has 1 atom stereocenters. The highest BCUT2D eigenvalue weighted by Gasteiger charge is 2.35. The fourth-order valence-corrected chi connectivity index (χ4v) is 3.82. The number of hydrogen-bond acceptors (Lipinski definition) is 8. The molecule has 0 aliphatic carbocycles. The number of allylic oxidation sites excluding steroid dienone is 1. The highest BCUT2D eigenvalue weighted by molar-refractivity contribution is 6.06. The predicted molar refractivity (Wildman–Crippen MR) is 122 cm³/mol. The van der Waals surface area contributed by atoms with Crippen LogP contribution in [0.15, 0.2) is 54.0 Å². The minimum atomic E-state index is -0.596. The van der Waals surface area contributed by atoms with Gasteiger partial charge in [0.05, 0.1) is 39.7 Å². The second-order valence-corrected chi connectivity index (χ2v) is 7.22. The maximum absolute atomic E-state index is 13.7. The van der Waals surface area contributed by atoms with Gasteiger partial charge in [-0.15, -0.1) is 0 Å². The fourth-order valence-electron chi connectivity index (χ4n) is 3.82. The molecule has 0 saturated carbocycles. The molecule has 33 heavy (non-hydrogen) atoms. The Balaban J connectivity index is 1.80. The Hall–Kier alpha value is -4.21. The molecule has 0 radical (unpaired) electrons. The number of nitrogens with one attached hydrogen (secondary N) is 2. The van der Waals surface area contributed by atoms with Gasteiger partial charge in [-0.2, -0.15) is 10.1 Å². The first kappa shape index (κ1) is 22.0. The van der Waals surface area contributed by atoms with Crippen LogP contribution in [0.1, 0.15) is 18.5 Å². The van der Waals surface area contributed by atoms with Crippen molar-refractivity contribution in [2.75, 3.05) is 39.1 Å². The smallest absolute Gasteiger partial charge is 0.255 e. The summed E-state index contributed by atoms with van der Waals surface area (Å²) in [5.41, 5.74) is 2.29. The summed E-state index contributed by atoms with van der Waals surface area (Å²) in [5.74, 6) is 2.47. The normalized spacial score (nSPS) is 14.8. The zero-order valence-corrected chi connectivity index (χ0v) is 19.0. The zero-order valence-electron chi connectivity index (χ0n) is 19.0.